The highest BCUT2D eigenvalue weighted by Crippen LogP contribution is 2.25. The molecule has 0 bridgehead atoms. The van der Waals surface area contributed by atoms with Gasteiger partial charge in [0, 0.05) is 16.1 Å². The first kappa shape index (κ1) is 15.1. The molecule has 106 valence electrons. The van der Waals surface area contributed by atoms with Gasteiger partial charge in [0.25, 0.3) is 0 Å². The Kier molecular flexibility index (Phi) is 4.89. The molecular formula is C16H16BrF2N. The van der Waals surface area contributed by atoms with Gasteiger partial charge in [-0.15, -0.1) is 0 Å². The first-order chi connectivity index (χ1) is 9.51. The molecule has 0 heterocycles. The van der Waals surface area contributed by atoms with Crippen molar-refractivity contribution in [3.8, 4) is 0 Å². The highest BCUT2D eigenvalue weighted by atomic mass is 79.9. The van der Waals surface area contributed by atoms with Crippen LogP contribution >= 0.6 is 15.9 Å². The molecule has 20 heavy (non-hydrogen) atoms. The Morgan fingerprint density at radius 3 is 2.60 bits per heavy atom. The molecule has 4 heteroatoms. The number of benzene rings is 2. The normalized spacial score (nSPS) is 12.4. The molecule has 0 spiro atoms. The molecule has 2 aromatic rings. The SMILES string of the molecule is CNC(Cc1cc(F)ccc1C)c1cc(Br)ccc1F. The van der Waals surface area contributed by atoms with Gasteiger partial charge in [-0.25, -0.2) is 8.78 Å². The van der Waals surface area contributed by atoms with Gasteiger partial charge in [-0.3, -0.25) is 0 Å². The summed E-state index contributed by atoms with van der Waals surface area (Å²) in [6, 6.07) is 9.34. The van der Waals surface area contributed by atoms with Gasteiger partial charge in [0.05, 0.1) is 0 Å². The van der Waals surface area contributed by atoms with Crippen LogP contribution in [0.25, 0.3) is 0 Å². The van der Waals surface area contributed by atoms with Crippen molar-refractivity contribution in [2.24, 2.45) is 0 Å². The Labute approximate surface area is 126 Å². The molecule has 1 nitrogen and oxygen atoms in total. The Morgan fingerprint density at radius 1 is 1.15 bits per heavy atom. The monoisotopic (exact) mass is 339 g/mol. The minimum Gasteiger partial charge on any atom is -0.313 e. The van der Waals surface area contributed by atoms with E-state index < -0.39 is 0 Å². The Hall–Kier alpha value is -1.26. The minimum atomic E-state index is -0.268. The number of hydrogen-bond acceptors (Lipinski definition) is 1. The number of rotatable bonds is 4. The lowest BCUT2D eigenvalue weighted by Gasteiger charge is -2.19. The lowest BCUT2D eigenvalue weighted by molar-refractivity contribution is 0.531. The van der Waals surface area contributed by atoms with E-state index in [4.69, 9.17) is 0 Å². The van der Waals surface area contributed by atoms with Gasteiger partial charge < -0.3 is 5.32 Å². The number of aryl methyl sites for hydroxylation is 1. The molecule has 0 aromatic heterocycles. The predicted molar refractivity (Wildman–Crippen MR) is 80.7 cm³/mol. The Bertz CT molecular complexity index is 613. The topological polar surface area (TPSA) is 12.0 Å². The second-order valence-electron chi connectivity index (χ2n) is 4.78. The van der Waals surface area contributed by atoms with E-state index in [0.717, 1.165) is 15.6 Å². The average Bonchev–Trinajstić information content (AvgIpc) is 2.42. The van der Waals surface area contributed by atoms with Crippen molar-refractivity contribution < 1.29 is 8.78 Å². The van der Waals surface area contributed by atoms with Gasteiger partial charge in [-0.2, -0.15) is 0 Å². The van der Waals surface area contributed by atoms with E-state index in [1.54, 1.807) is 25.2 Å². The fourth-order valence-electron chi connectivity index (χ4n) is 2.23. The van der Waals surface area contributed by atoms with E-state index >= 15 is 0 Å². The second-order valence-corrected chi connectivity index (χ2v) is 5.70. The molecule has 0 saturated heterocycles. The van der Waals surface area contributed by atoms with Gasteiger partial charge in [0.1, 0.15) is 11.6 Å². The average molecular weight is 340 g/mol. The largest absolute Gasteiger partial charge is 0.313 e. The quantitative estimate of drug-likeness (QED) is 0.862. The lowest BCUT2D eigenvalue weighted by atomic mass is 9.96. The fraction of sp³-hybridized carbons (Fsp3) is 0.250. The first-order valence-electron chi connectivity index (χ1n) is 6.38. The number of halogens is 3. The molecule has 0 amide bonds. The number of likely N-dealkylation sites (N-methyl/N-ethyl adjacent to an activating group) is 1. The molecule has 2 aromatic carbocycles. The molecular weight excluding hydrogens is 324 g/mol. The zero-order chi connectivity index (χ0) is 14.7. The summed E-state index contributed by atoms with van der Waals surface area (Å²) in [5.41, 5.74) is 2.45. The lowest BCUT2D eigenvalue weighted by Crippen LogP contribution is -2.20. The highest BCUT2D eigenvalue weighted by molar-refractivity contribution is 9.10. The van der Waals surface area contributed by atoms with Crippen molar-refractivity contribution in [3.05, 3.63) is 69.2 Å². The third-order valence-corrected chi connectivity index (χ3v) is 3.91. The third kappa shape index (κ3) is 3.44. The fourth-order valence-corrected chi connectivity index (χ4v) is 2.61. The number of nitrogens with one attached hydrogen (secondary N) is 1. The van der Waals surface area contributed by atoms with Crippen LogP contribution in [0.3, 0.4) is 0 Å². The summed E-state index contributed by atoms with van der Waals surface area (Å²) in [6.45, 7) is 1.93. The van der Waals surface area contributed by atoms with Crippen LogP contribution < -0.4 is 5.32 Å². The maximum atomic E-state index is 14.0. The molecule has 1 atom stereocenters. The van der Waals surface area contributed by atoms with Gasteiger partial charge in [-0.1, -0.05) is 22.0 Å². The summed E-state index contributed by atoms with van der Waals surface area (Å²) >= 11 is 3.35. The van der Waals surface area contributed by atoms with Gasteiger partial charge in [-0.05, 0) is 61.9 Å². The minimum absolute atomic E-state index is 0.201. The zero-order valence-corrected chi connectivity index (χ0v) is 13.0. The van der Waals surface area contributed by atoms with Crippen LogP contribution in [-0.4, -0.2) is 7.05 Å². The highest BCUT2D eigenvalue weighted by Gasteiger charge is 2.16. The van der Waals surface area contributed by atoms with E-state index in [-0.39, 0.29) is 17.7 Å². The summed E-state index contributed by atoms with van der Waals surface area (Å²) < 4.78 is 28.1. The van der Waals surface area contributed by atoms with E-state index in [2.05, 4.69) is 21.2 Å². The third-order valence-electron chi connectivity index (χ3n) is 3.42. The molecule has 0 radical (unpaired) electrons. The van der Waals surface area contributed by atoms with Crippen LogP contribution in [0, 0.1) is 18.6 Å². The van der Waals surface area contributed by atoms with E-state index in [9.17, 15) is 8.78 Å². The predicted octanol–water partition coefficient (Wildman–Crippen LogP) is 4.54. The molecule has 0 aliphatic rings. The Balaban J connectivity index is 2.33. The van der Waals surface area contributed by atoms with Crippen molar-refractivity contribution in [1.82, 2.24) is 5.32 Å². The standard InChI is InChI=1S/C16H16BrF2N/c1-10-3-5-13(18)7-11(10)8-16(20-2)14-9-12(17)4-6-15(14)19/h3-7,9,16,20H,8H2,1-2H3. The molecule has 1 unspecified atom stereocenters. The van der Waals surface area contributed by atoms with Crippen molar-refractivity contribution in [3.63, 3.8) is 0 Å². The molecule has 0 saturated carbocycles. The molecule has 2 rings (SSSR count). The summed E-state index contributed by atoms with van der Waals surface area (Å²) in [7, 11) is 1.78. The summed E-state index contributed by atoms with van der Waals surface area (Å²) in [5, 5.41) is 3.10. The summed E-state index contributed by atoms with van der Waals surface area (Å²) in [6.07, 6.45) is 0.535. The van der Waals surface area contributed by atoms with Crippen molar-refractivity contribution in [2.75, 3.05) is 7.05 Å². The van der Waals surface area contributed by atoms with Gasteiger partial charge in [0.2, 0.25) is 0 Å². The number of hydrogen-bond donors (Lipinski definition) is 1. The maximum absolute atomic E-state index is 14.0. The van der Waals surface area contributed by atoms with E-state index in [1.807, 2.05) is 6.92 Å². The van der Waals surface area contributed by atoms with Crippen LogP contribution in [0.15, 0.2) is 40.9 Å². The van der Waals surface area contributed by atoms with Gasteiger partial charge in [0.15, 0.2) is 0 Å². The van der Waals surface area contributed by atoms with Crippen LogP contribution in [-0.2, 0) is 6.42 Å². The maximum Gasteiger partial charge on any atom is 0.128 e. The molecule has 1 N–H and O–H groups in total. The molecule has 0 fully saturated rings. The summed E-state index contributed by atoms with van der Waals surface area (Å²) in [4.78, 5) is 0. The smallest absolute Gasteiger partial charge is 0.128 e. The molecule has 0 aliphatic carbocycles. The summed E-state index contributed by atoms with van der Waals surface area (Å²) in [5.74, 6) is -0.531. The van der Waals surface area contributed by atoms with Crippen LogP contribution in [0.1, 0.15) is 22.7 Å². The van der Waals surface area contributed by atoms with Gasteiger partial charge >= 0.3 is 0 Å². The van der Waals surface area contributed by atoms with Crippen LogP contribution in [0.2, 0.25) is 0 Å². The van der Waals surface area contributed by atoms with E-state index in [0.29, 0.717) is 12.0 Å². The zero-order valence-electron chi connectivity index (χ0n) is 11.4. The van der Waals surface area contributed by atoms with Crippen LogP contribution in [0.4, 0.5) is 8.78 Å². The Morgan fingerprint density at radius 2 is 1.90 bits per heavy atom. The molecule has 0 aliphatic heterocycles. The first-order valence-corrected chi connectivity index (χ1v) is 7.18. The van der Waals surface area contributed by atoms with Crippen molar-refractivity contribution in [1.29, 1.82) is 0 Å². The van der Waals surface area contributed by atoms with Crippen molar-refractivity contribution in [2.45, 2.75) is 19.4 Å². The van der Waals surface area contributed by atoms with Crippen molar-refractivity contribution >= 4 is 15.9 Å². The second kappa shape index (κ2) is 6.46. The van der Waals surface area contributed by atoms with Crippen LogP contribution in [0.5, 0.6) is 0 Å². The van der Waals surface area contributed by atoms with E-state index in [1.165, 1.54) is 18.2 Å².